The molecule has 188 valence electrons. The first-order chi connectivity index (χ1) is 17.0. The van der Waals surface area contributed by atoms with Crippen molar-refractivity contribution in [3.05, 3.63) is 41.3 Å². The summed E-state index contributed by atoms with van der Waals surface area (Å²) >= 11 is 1.36. The number of ether oxygens (including phenoxy) is 6. The predicted octanol–water partition coefficient (Wildman–Crippen LogP) is 4.54. The van der Waals surface area contributed by atoms with Crippen LogP contribution in [0.15, 0.2) is 35.7 Å². The van der Waals surface area contributed by atoms with E-state index >= 15 is 0 Å². The summed E-state index contributed by atoms with van der Waals surface area (Å²) in [4.78, 5) is 20.1. The van der Waals surface area contributed by atoms with E-state index in [1.165, 1.54) is 32.7 Å². The highest BCUT2D eigenvalue weighted by atomic mass is 32.1. The smallest absolute Gasteiger partial charge is 0.260 e. The maximum absolute atomic E-state index is 13.7. The number of anilines is 1. The molecule has 35 heavy (non-hydrogen) atoms. The van der Waals surface area contributed by atoms with Crippen molar-refractivity contribution in [1.29, 1.82) is 0 Å². The van der Waals surface area contributed by atoms with Crippen molar-refractivity contribution in [3.8, 4) is 40.0 Å². The molecule has 0 fully saturated rings. The molecule has 0 aliphatic carbocycles. The molecule has 3 rings (SSSR count). The van der Waals surface area contributed by atoms with Gasteiger partial charge in [0.1, 0.15) is 11.5 Å². The molecule has 0 aliphatic rings. The Hall–Kier alpha value is -3.50. The third-order valence-corrected chi connectivity index (χ3v) is 6.16. The van der Waals surface area contributed by atoms with E-state index in [9.17, 15) is 4.79 Å². The molecule has 2 aromatic carbocycles. The van der Waals surface area contributed by atoms with E-state index in [0.717, 1.165) is 5.56 Å². The number of rotatable bonds is 12. The molecule has 3 aromatic rings. The molecule has 0 saturated heterocycles. The Morgan fingerprint density at radius 2 is 1.57 bits per heavy atom. The summed E-state index contributed by atoms with van der Waals surface area (Å²) in [6.45, 7) is 0.909. The molecule has 1 heterocycles. The second kappa shape index (κ2) is 12.3. The molecule has 0 saturated carbocycles. The van der Waals surface area contributed by atoms with Gasteiger partial charge in [-0.1, -0.05) is 0 Å². The van der Waals surface area contributed by atoms with Crippen molar-refractivity contribution in [2.75, 3.05) is 60.7 Å². The zero-order chi connectivity index (χ0) is 25.4. The number of carbonyl (C=O) groups is 1. The van der Waals surface area contributed by atoms with Gasteiger partial charge in [-0.15, -0.1) is 11.3 Å². The molecule has 0 N–H and O–H groups in total. The van der Waals surface area contributed by atoms with Crippen LogP contribution in [-0.4, -0.2) is 66.7 Å². The monoisotopic (exact) mass is 502 g/mol. The van der Waals surface area contributed by atoms with E-state index in [2.05, 4.69) is 0 Å². The second-order valence-corrected chi connectivity index (χ2v) is 8.14. The summed E-state index contributed by atoms with van der Waals surface area (Å²) in [5.74, 6) is 2.30. The fourth-order valence-corrected chi connectivity index (χ4v) is 4.39. The third kappa shape index (κ3) is 5.77. The zero-order valence-corrected chi connectivity index (χ0v) is 21.6. The van der Waals surface area contributed by atoms with Crippen molar-refractivity contribution in [2.24, 2.45) is 0 Å². The fourth-order valence-electron chi connectivity index (χ4n) is 3.54. The van der Waals surface area contributed by atoms with E-state index < -0.39 is 0 Å². The summed E-state index contributed by atoms with van der Waals surface area (Å²) in [5.41, 5.74) is 1.83. The van der Waals surface area contributed by atoms with Gasteiger partial charge >= 0.3 is 0 Å². The highest BCUT2D eigenvalue weighted by Crippen LogP contribution is 2.40. The maximum Gasteiger partial charge on any atom is 0.260 e. The normalized spacial score (nSPS) is 10.6. The third-order valence-electron chi connectivity index (χ3n) is 5.29. The SMILES string of the molecule is COCCCN(C(=O)c1cc(OC)c(OC)c(OC)c1)c1nc(-c2cc(OC)ccc2OC)cs1. The van der Waals surface area contributed by atoms with Crippen LogP contribution in [-0.2, 0) is 4.74 Å². The highest BCUT2D eigenvalue weighted by Gasteiger charge is 2.25. The van der Waals surface area contributed by atoms with Gasteiger partial charge in [-0.05, 0) is 36.8 Å². The van der Waals surface area contributed by atoms with E-state index in [0.29, 0.717) is 64.7 Å². The lowest BCUT2D eigenvalue weighted by Crippen LogP contribution is -2.32. The quantitative estimate of drug-likeness (QED) is 0.334. The van der Waals surface area contributed by atoms with E-state index in [1.54, 1.807) is 38.4 Å². The molecule has 9 nitrogen and oxygen atoms in total. The molecule has 0 bridgehead atoms. The molecule has 1 amide bonds. The second-order valence-electron chi connectivity index (χ2n) is 7.30. The van der Waals surface area contributed by atoms with E-state index in [1.807, 2.05) is 23.6 Å². The Morgan fingerprint density at radius 1 is 0.886 bits per heavy atom. The Balaban J connectivity index is 2.03. The van der Waals surface area contributed by atoms with Crippen LogP contribution in [0.4, 0.5) is 5.13 Å². The van der Waals surface area contributed by atoms with E-state index in [4.69, 9.17) is 33.4 Å². The van der Waals surface area contributed by atoms with Gasteiger partial charge in [-0.2, -0.15) is 0 Å². The van der Waals surface area contributed by atoms with Crippen LogP contribution in [0, 0.1) is 0 Å². The molecule has 0 atom stereocenters. The van der Waals surface area contributed by atoms with Gasteiger partial charge < -0.3 is 28.4 Å². The first-order valence-electron chi connectivity index (χ1n) is 10.8. The molecule has 10 heteroatoms. The summed E-state index contributed by atoms with van der Waals surface area (Å²) in [5, 5.41) is 2.43. The van der Waals surface area contributed by atoms with Gasteiger partial charge in [0.25, 0.3) is 5.91 Å². The number of benzene rings is 2. The van der Waals surface area contributed by atoms with Crippen molar-refractivity contribution in [2.45, 2.75) is 6.42 Å². The minimum absolute atomic E-state index is 0.251. The fraction of sp³-hybridized carbons (Fsp3) is 0.360. The van der Waals surface area contributed by atoms with Crippen molar-refractivity contribution < 1.29 is 33.2 Å². The molecular formula is C25H30N2O7S. The minimum atomic E-state index is -0.251. The van der Waals surface area contributed by atoms with Gasteiger partial charge in [0.2, 0.25) is 5.75 Å². The standard InChI is InChI=1S/C25H30N2O7S/c1-29-11-7-10-27(24(28)16-12-21(32-4)23(34-6)22(13-16)33-5)25-26-19(15-35-25)18-14-17(30-2)8-9-20(18)31-3/h8-9,12-15H,7,10-11H2,1-6H3. The zero-order valence-electron chi connectivity index (χ0n) is 20.7. The van der Waals surface area contributed by atoms with Crippen LogP contribution < -0.4 is 28.6 Å². The number of hydrogen-bond donors (Lipinski definition) is 0. The Kier molecular flexibility index (Phi) is 9.16. The average Bonchev–Trinajstić information content (AvgIpc) is 3.39. The lowest BCUT2D eigenvalue weighted by atomic mass is 10.1. The Bertz CT molecular complexity index is 1120. The van der Waals surface area contributed by atoms with Gasteiger partial charge in [-0.25, -0.2) is 4.98 Å². The maximum atomic E-state index is 13.7. The van der Waals surface area contributed by atoms with Gasteiger partial charge in [0.15, 0.2) is 16.6 Å². The first-order valence-corrected chi connectivity index (χ1v) is 11.7. The Morgan fingerprint density at radius 3 is 2.14 bits per heavy atom. The molecule has 0 radical (unpaired) electrons. The highest BCUT2D eigenvalue weighted by molar-refractivity contribution is 7.14. The van der Waals surface area contributed by atoms with Crippen molar-refractivity contribution in [3.63, 3.8) is 0 Å². The van der Waals surface area contributed by atoms with Crippen LogP contribution >= 0.6 is 11.3 Å². The Labute approximate surface area is 209 Å². The summed E-state index contributed by atoms with van der Waals surface area (Å²) in [7, 11) is 9.37. The molecule has 0 unspecified atom stereocenters. The van der Waals surface area contributed by atoms with Crippen LogP contribution in [0.2, 0.25) is 0 Å². The molecule has 0 spiro atoms. The molecule has 1 aromatic heterocycles. The molecular weight excluding hydrogens is 472 g/mol. The predicted molar refractivity (Wildman–Crippen MR) is 135 cm³/mol. The van der Waals surface area contributed by atoms with E-state index in [-0.39, 0.29) is 5.91 Å². The van der Waals surface area contributed by atoms with Crippen LogP contribution in [0.3, 0.4) is 0 Å². The number of hydrogen-bond acceptors (Lipinski definition) is 9. The summed E-state index contributed by atoms with van der Waals surface area (Å²) in [6.07, 6.45) is 0.629. The van der Waals surface area contributed by atoms with Crippen molar-refractivity contribution >= 4 is 22.4 Å². The van der Waals surface area contributed by atoms with Gasteiger partial charge in [-0.3, -0.25) is 9.69 Å². The number of methoxy groups -OCH3 is 6. The van der Waals surface area contributed by atoms with Gasteiger partial charge in [0, 0.05) is 36.8 Å². The van der Waals surface area contributed by atoms with Crippen LogP contribution in [0.5, 0.6) is 28.7 Å². The number of amides is 1. The topological polar surface area (TPSA) is 88.6 Å². The van der Waals surface area contributed by atoms with Crippen LogP contribution in [0.25, 0.3) is 11.3 Å². The average molecular weight is 503 g/mol. The number of carbonyl (C=O) groups excluding carboxylic acids is 1. The van der Waals surface area contributed by atoms with Crippen LogP contribution in [0.1, 0.15) is 16.8 Å². The van der Waals surface area contributed by atoms with Crippen molar-refractivity contribution in [1.82, 2.24) is 4.98 Å². The first kappa shape index (κ1) is 26.1. The largest absolute Gasteiger partial charge is 0.497 e. The molecule has 0 aliphatic heterocycles. The minimum Gasteiger partial charge on any atom is -0.497 e. The lowest BCUT2D eigenvalue weighted by molar-refractivity contribution is 0.0982. The summed E-state index contributed by atoms with van der Waals surface area (Å²) in [6, 6.07) is 8.76. The number of thiazole rings is 1. The number of aromatic nitrogens is 1. The summed E-state index contributed by atoms with van der Waals surface area (Å²) < 4.78 is 32.3. The number of nitrogens with zero attached hydrogens (tertiary/aromatic N) is 2. The van der Waals surface area contributed by atoms with Gasteiger partial charge in [0.05, 0.1) is 41.2 Å². The lowest BCUT2D eigenvalue weighted by Gasteiger charge is -2.21.